The summed E-state index contributed by atoms with van der Waals surface area (Å²) in [7, 11) is 1.81. The minimum Gasteiger partial charge on any atom is -0.454 e. The van der Waals surface area contributed by atoms with Gasteiger partial charge in [-0.15, -0.1) is 0 Å². The van der Waals surface area contributed by atoms with E-state index in [9.17, 15) is 0 Å². The number of guanidine groups is 1. The smallest absolute Gasteiger partial charge is 0.231 e. The van der Waals surface area contributed by atoms with Crippen molar-refractivity contribution < 1.29 is 9.47 Å². The van der Waals surface area contributed by atoms with E-state index in [2.05, 4.69) is 22.5 Å². The standard InChI is InChI=1S/C17H25N3O2/c1-17(7-3-4-8-17)11-20-16(18-2)19-10-13-5-6-14-15(9-13)22-12-21-14/h5-6,9H,3-4,7-8,10-12H2,1-2H3,(H2,18,19,20). The van der Waals surface area contributed by atoms with E-state index in [0.717, 1.165) is 29.6 Å². The molecule has 2 N–H and O–H groups in total. The highest BCUT2D eigenvalue weighted by Gasteiger charge is 2.28. The summed E-state index contributed by atoms with van der Waals surface area (Å²) >= 11 is 0. The first-order chi connectivity index (χ1) is 10.7. The van der Waals surface area contributed by atoms with Gasteiger partial charge < -0.3 is 20.1 Å². The Balaban J connectivity index is 1.50. The minimum absolute atomic E-state index is 0.314. The fraction of sp³-hybridized carbons (Fsp3) is 0.588. The SMILES string of the molecule is CN=C(NCc1ccc2c(c1)OCO2)NCC1(C)CCCC1. The quantitative estimate of drug-likeness (QED) is 0.663. The van der Waals surface area contributed by atoms with Gasteiger partial charge in [0.05, 0.1) is 0 Å². The molecule has 5 heteroatoms. The second-order valence-corrected chi connectivity index (χ2v) is 6.48. The van der Waals surface area contributed by atoms with Gasteiger partial charge in [0.1, 0.15) is 0 Å². The zero-order valence-corrected chi connectivity index (χ0v) is 13.4. The lowest BCUT2D eigenvalue weighted by Gasteiger charge is -2.25. The lowest BCUT2D eigenvalue weighted by atomic mass is 9.89. The number of fused-ring (bicyclic) bond motifs is 1. The average molecular weight is 303 g/mol. The van der Waals surface area contributed by atoms with Crippen LogP contribution in [-0.2, 0) is 6.54 Å². The van der Waals surface area contributed by atoms with Crippen LogP contribution in [0.5, 0.6) is 11.5 Å². The largest absolute Gasteiger partial charge is 0.454 e. The molecule has 1 fully saturated rings. The van der Waals surface area contributed by atoms with Gasteiger partial charge in [-0.3, -0.25) is 4.99 Å². The van der Waals surface area contributed by atoms with Gasteiger partial charge in [0.25, 0.3) is 0 Å². The zero-order chi connectivity index (χ0) is 15.4. The van der Waals surface area contributed by atoms with Gasteiger partial charge in [-0.1, -0.05) is 25.8 Å². The molecule has 2 aliphatic rings. The second-order valence-electron chi connectivity index (χ2n) is 6.48. The van der Waals surface area contributed by atoms with Crippen molar-refractivity contribution in [3.05, 3.63) is 23.8 Å². The summed E-state index contributed by atoms with van der Waals surface area (Å²) in [6.07, 6.45) is 5.31. The molecule has 1 aliphatic heterocycles. The highest BCUT2D eigenvalue weighted by molar-refractivity contribution is 5.79. The van der Waals surface area contributed by atoms with E-state index in [1.807, 2.05) is 25.2 Å². The number of benzene rings is 1. The molecule has 0 aromatic heterocycles. The zero-order valence-electron chi connectivity index (χ0n) is 13.4. The van der Waals surface area contributed by atoms with Gasteiger partial charge in [-0.05, 0) is 36.0 Å². The summed E-state index contributed by atoms with van der Waals surface area (Å²) in [5, 5.41) is 6.82. The Morgan fingerprint density at radius 2 is 1.95 bits per heavy atom. The van der Waals surface area contributed by atoms with Gasteiger partial charge in [0.2, 0.25) is 6.79 Å². The van der Waals surface area contributed by atoms with Crippen LogP contribution in [-0.4, -0.2) is 26.3 Å². The van der Waals surface area contributed by atoms with E-state index in [0.29, 0.717) is 18.8 Å². The molecule has 120 valence electrons. The molecule has 0 unspecified atom stereocenters. The molecule has 1 aliphatic carbocycles. The molecular weight excluding hydrogens is 278 g/mol. The van der Waals surface area contributed by atoms with E-state index in [-0.39, 0.29) is 0 Å². The van der Waals surface area contributed by atoms with E-state index < -0.39 is 0 Å². The maximum absolute atomic E-state index is 5.40. The summed E-state index contributed by atoms with van der Waals surface area (Å²) in [5.74, 6) is 2.49. The van der Waals surface area contributed by atoms with Crippen LogP contribution in [0.2, 0.25) is 0 Å². The van der Waals surface area contributed by atoms with Gasteiger partial charge in [0, 0.05) is 20.1 Å². The summed E-state index contributed by atoms with van der Waals surface area (Å²) in [5.41, 5.74) is 1.57. The summed E-state index contributed by atoms with van der Waals surface area (Å²) in [4.78, 5) is 4.31. The first kappa shape index (κ1) is 15.0. The first-order valence-electron chi connectivity index (χ1n) is 8.02. The van der Waals surface area contributed by atoms with E-state index in [1.54, 1.807) is 0 Å². The summed E-state index contributed by atoms with van der Waals surface area (Å²) in [6, 6.07) is 6.02. The first-order valence-corrected chi connectivity index (χ1v) is 8.02. The Hall–Kier alpha value is -1.91. The molecule has 0 radical (unpaired) electrons. The Kier molecular flexibility index (Phi) is 4.41. The normalized spacial score (nSPS) is 19.3. The molecule has 1 saturated carbocycles. The molecule has 1 heterocycles. The van der Waals surface area contributed by atoms with Gasteiger partial charge in [0.15, 0.2) is 17.5 Å². The van der Waals surface area contributed by atoms with Crippen molar-refractivity contribution in [1.29, 1.82) is 0 Å². The van der Waals surface area contributed by atoms with E-state index >= 15 is 0 Å². The predicted molar refractivity (Wildman–Crippen MR) is 87.3 cm³/mol. The molecule has 0 atom stereocenters. The Bertz CT molecular complexity index is 551. The van der Waals surface area contributed by atoms with E-state index in [4.69, 9.17) is 9.47 Å². The Morgan fingerprint density at radius 1 is 1.18 bits per heavy atom. The van der Waals surface area contributed by atoms with Crippen LogP contribution in [0.1, 0.15) is 38.2 Å². The number of hydrogen-bond donors (Lipinski definition) is 2. The van der Waals surface area contributed by atoms with Crippen LogP contribution in [0, 0.1) is 5.41 Å². The van der Waals surface area contributed by atoms with Crippen molar-refractivity contribution in [2.24, 2.45) is 10.4 Å². The van der Waals surface area contributed by atoms with Crippen molar-refractivity contribution >= 4 is 5.96 Å². The van der Waals surface area contributed by atoms with Crippen LogP contribution >= 0.6 is 0 Å². The number of aliphatic imine (C=N–C) groups is 1. The molecule has 3 rings (SSSR count). The molecule has 0 saturated heterocycles. The molecule has 1 aromatic rings. The second kappa shape index (κ2) is 6.46. The number of ether oxygens (including phenoxy) is 2. The fourth-order valence-corrected chi connectivity index (χ4v) is 3.16. The molecular formula is C17H25N3O2. The lowest BCUT2D eigenvalue weighted by Crippen LogP contribution is -2.41. The molecule has 1 aromatic carbocycles. The molecule has 0 spiro atoms. The number of nitrogens with zero attached hydrogens (tertiary/aromatic N) is 1. The third-order valence-corrected chi connectivity index (χ3v) is 4.61. The van der Waals surface area contributed by atoms with Gasteiger partial charge >= 0.3 is 0 Å². The predicted octanol–water partition coefficient (Wildman–Crippen LogP) is 2.66. The molecule has 0 bridgehead atoms. The van der Waals surface area contributed by atoms with Crippen LogP contribution in [0.4, 0.5) is 0 Å². The van der Waals surface area contributed by atoms with Gasteiger partial charge in [-0.2, -0.15) is 0 Å². The molecule has 5 nitrogen and oxygen atoms in total. The molecule has 22 heavy (non-hydrogen) atoms. The van der Waals surface area contributed by atoms with Crippen LogP contribution in [0.3, 0.4) is 0 Å². The highest BCUT2D eigenvalue weighted by atomic mass is 16.7. The van der Waals surface area contributed by atoms with Crippen molar-refractivity contribution in [2.75, 3.05) is 20.4 Å². The average Bonchev–Trinajstić information content (AvgIpc) is 3.16. The Morgan fingerprint density at radius 3 is 2.73 bits per heavy atom. The van der Waals surface area contributed by atoms with Crippen molar-refractivity contribution in [2.45, 2.75) is 39.2 Å². The van der Waals surface area contributed by atoms with Crippen molar-refractivity contribution in [3.63, 3.8) is 0 Å². The highest BCUT2D eigenvalue weighted by Crippen LogP contribution is 2.36. The number of nitrogens with one attached hydrogen (secondary N) is 2. The fourth-order valence-electron chi connectivity index (χ4n) is 3.16. The van der Waals surface area contributed by atoms with E-state index in [1.165, 1.54) is 25.7 Å². The Labute approximate surface area is 132 Å². The maximum Gasteiger partial charge on any atom is 0.231 e. The van der Waals surface area contributed by atoms with Crippen molar-refractivity contribution in [3.8, 4) is 11.5 Å². The number of rotatable bonds is 4. The van der Waals surface area contributed by atoms with Crippen LogP contribution in [0.15, 0.2) is 23.2 Å². The topological polar surface area (TPSA) is 54.9 Å². The molecule has 0 amide bonds. The van der Waals surface area contributed by atoms with Crippen LogP contribution < -0.4 is 20.1 Å². The third kappa shape index (κ3) is 3.46. The summed E-state index contributed by atoms with van der Waals surface area (Å²) < 4.78 is 10.7. The third-order valence-electron chi connectivity index (χ3n) is 4.61. The minimum atomic E-state index is 0.314. The van der Waals surface area contributed by atoms with Crippen molar-refractivity contribution in [1.82, 2.24) is 10.6 Å². The van der Waals surface area contributed by atoms with Gasteiger partial charge in [-0.25, -0.2) is 0 Å². The lowest BCUT2D eigenvalue weighted by molar-refractivity contribution is 0.174. The maximum atomic E-state index is 5.40. The summed E-state index contributed by atoms with van der Waals surface area (Å²) in [6.45, 7) is 4.37. The number of hydrogen-bond acceptors (Lipinski definition) is 3. The monoisotopic (exact) mass is 303 g/mol. The van der Waals surface area contributed by atoms with Crippen LogP contribution in [0.25, 0.3) is 0 Å².